The van der Waals surface area contributed by atoms with E-state index < -0.39 is 0 Å². The zero-order valence-electron chi connectivity index (χ0n) is 12.4. The summed E-state index contributed by atoms with van der Waals surface area (Å²) in [6, 6.07) is 4.44. The van der Waals surface area contributed by atoms with E-state index in [-0.39, 0.29) is 30.5 Å². The minimum Gasteiger partial charge on any atom is -0.396 e. The quantitative estimate of drug-likeness (QED) is 0.782. The first-order valence-corrected chi connectivity index (χ1v) is 7.56. The molecule has 1 aromatic rings. The fourth-order valence-electron chi connectivity index (χ4n) is 2.81. The number of benzene rings is 1. The SMILES string of the molecule is CC(CCCO)NC(=O)NC1CCCc2ccc(F)cc21. The molecule has 0 aromatic heterocycles. The third kappa shape index (κ3) is 4.43. The van der Waals surface area contributed by atoms with E-state index in [0.29, 0.717) is 6.42 Å². The number of fused-ring (bicyclic) bond motifs is 1. The molecule has 1 aromatic carbocycles. The normalized spacial score (nSPS) is 18.7. The average molecular weight is 294 g/mol. The molecule has 0 heterocycles. The summed E-state index contributed by atoms with van der Waals surface area (Å²) in [5.74, 6) is -0.265. The Bertz CT molecular complexity index is 493. The summed E-state index contributed by atoms with van der Waals surface area (Å²) in [6.45, 7) is 2.03. The highest BCUT2D eigenvalue weighted by molar-refractivity contribution is 5.74. The van der Waals surface area contributed by atoms with Crippen molar-refractivity contribution in [1.29, 1.82) is 0 Å². The van der Waals surface area contributed by atoms with Gasteiger partial charge in [-0.1, -0.05) is 6.07 Å². The van der Waals surface area contributed by atoms with Crippen molar-refractivity contribution in [2.24, 2.45) is 0 Å². The molecule has 2 atom stereocenters. The van der Waals surface area contributed by atoms with E-state index in [1.165, 1.54) is 12.1 Å². The first kappa shape index (κ1) is 15.8. The van der Waals surface area contributed by atoms with Crippen LogP contribution in [0.3, 0.4) is 0 Å². The van der Waals surface area contributed by atoms with Crippen LogP contribution in [0.1, 0.15) is 49.8 Å². The smallest absolute Gasteiger partial charge is 0.315 e. The Kier molecular flexibility index (Phi) is 5.56. The summed E-state index contributed by atoms with van der Waals surface area (Å²) in [6.07, 6.45) is 4.15. The molecular formula is C16H23FN2O2. The van der Waals surface area contributed by atoms with Crippen molar-refractivity contribution in [3.05, 3.63) is 35.1 Å². The molecular weight excluding hydrogens is 271 g/mol. The molecule has 0 fully saturated rings. The third-order valence-corrected chi connectivity index (χ3v) is 3.90. The molecule has 1 aliphatic carbocycles. The van der Waals surface area contributed by atoms with Crippen LogP contribution in [0.4, 0.5) is 9.18 Å². The maximum atomic E-state index is 13.4. The summed E-state index contributed by atoms with van der Waals surface area (Å²) >= 11 is 0. The second kappa shape index (κ2) is 7.41. The van der Waals surface area contributed by atoms with Crippen molar-refractivity contribution >= 4 is 6.03 Å². The number of hydrogen-bond donors (Lipinski definition) is 3. The number of urea groups is 1. The molecule has 3 N–H and O–H groups in total. The lowest BCUT2D eigenvalue weighted by Crippen LogP contribution is -2.43. The Balaban J connectivity index is 1.95. The van der Waals surface area contributed by atoms with Crippen molar-refractivity contribution in [2.75, 3.05) is 6.61 Å². The van der Waals surface area contributed by atoms with E-state index in [1.54, 1.807) is 6.07 Å². The lowest BCUT2D eigenvalue weighted by atomic mass is 9.87. The second-order valence-electron chi connectivity index (χ2n) is 5.67. The monoisotopic (exact) mass is 294 g/mol. The molecule has 2 unspecified atom stereocenters. The van der Waals surface area contributed by atoms with Gasteiger partial charge in [-0.25, -0.2) is 9.18 Å². The largest absolute Gasteiger partial charge is 0.396 e. The summed E-state index contributed by atoms with van der Waals surface area (Å²) in [5, 5.41) is 14.6. The summed E-state index contributed by atoms with van der Waals surface area (Å²) in [5.41, 5.74) is 2.00. The van der Waals surface area contributed by atoms with Gasteiger partial charge in [-0.15, -0.1) is 0 Å². The van der Waals surface area contributed by atoms with Crippen molar-refractivity contribution in [1.82, 2.24) is 10.6 Å². The topological polar surface area (TPSA) is 61.4 Å². The number of aliphatic hydroxyl groups excluding tert-OH is 1. The fraction of sp³-hybridized carbons (Fsp3) is 0.562. The molecule has 0 radical (unpaired) electrons. The average Bonchev–Trinajstić information content (AvgIpc) is 2.45. The summed E-state index contributed by atoms with van der Waals surface area (Å²) in [4.78, 5) is 12.0. The number of hydrogen-bond acceptors (Lipinski definition) is 2. The van der Waals surface area contributed by atoms with Gasteiger partial charge in [-0.2, -0.15) is 0 Å². The van der Waals surface area contributed by atoms with Crippen molar-refractivity contribution < 1.29 is 14.3 Å². The van der Waals surface area contributed by atoms with Crippen LogP contribution in [-0.2, 0) is 6.42 Å². The van der Waals surface area contributed by atoms with Gasteiger partial charge in [0, 0.05) is 12.6 Å². The van der Waals surface area contributed by atoms with Gasteiger partial charge >= 0.3 is 6.03 Å². The lowest BCUT2D eigenvalue weighted by Gasteiger charge is -2.27. The van der Waals surface area contributed by atoms with Gasteiger partial charge in [0.05, 0.1) is 6.04 Å². The highest BCUT2D eigenvalue weighted by atomic mass is 19.1. The van der Waals surface area contributed by atoms with Crippen LogP contribution in [-0.4, -0.2) is 23.8 Å². The molecule has 116 valence electrons. The predicted molar refractivity (Wildman–Crippen MR) is 79.5 cm³/mol. The number of amides is 2. The van der Waals surface area contributed by atoms with Crippen LogP contribution < -0.4 is 10.6 Å². The number of carbonyl (C=O) groups excluding carboxylic acids is 1. The van der Waals surface area contributed by atoms with Crippen LogP contribution in [0.5, 0.6) is 0 Å². The Hall–Kier alpha value is -1.62. The van der Waals surface area contributed by atoms with Crippen LogP contribution >= 0.6 is 0 Å². The molecule has 4 nitrogen and oxygen atoms in total. The second-order valence-corrected chi connectivity index (χ2v) is 5.67. The number of carbonyl (C=O) groups is 1. The summed E-state index contributed by atoms with van der Waals surface area (Å²) in [7, 11) is 0. The molecule has 21 heavy (non-hydrogen) atoms. The van der Waals surface area contributed by atoms with E-state index in [2.05, 4.69) is 10.6 Å². The third-order valence-electron chi connectivity index (χ3n) is 3.90. The number of rotatable bonds is 5. The van der Waals surface area contributed by atoms with Gasteiger partial charge in [0.15, 0.2) is 0 Å². The van der Waals surface area contributed by atoms with Gasteiger partial charge in [-0.05, 0) is 62.3 Å². The standard InChI is InChI=1S/C16H23FN2O2/c1-11(4-3-9-20)18-16(21)19-15-6-2-5-12-7-8-13(17)10-14(12)15/h7-8,10-11,15,20H,2-6,9H2,1H3,(H2,18,19,21). The summed E-state index contributed by atoms with van der Waals surface area (Å²) < 4.78 is 13.4. The number of nitrogens with one attached hydrogen (secondary N) is 2. The van der Waals surface area contributed by atoms with Crippen molar-refractivity contribution in [2.45, 2.75) is 51.1 Å². The minimum atomic E-state index is -0.265. The first-order chi connectivity index (χ1) is 10.1. The fourth-order valence-corrected chi connectivity index (χ4v) is 2.81. The Morgan fingerprint density at radius 1 is 1.52 bits per heavy atom. The highest BCUT2D eigenvalue weighted by Gasteiger charge is 2.22. The van der Waals surface area contributed by atoms with Gasteiger partial charge in [0.1, 0.15) is 5.82 Å². The van der Waals surface area contributed by atoms with E-state index >= 15 is 0 Å². The molecule has 1 aliphatic rings. The van der Waals surface area contributed by atoms with Crippen LogP contribution in [0.25, 0.3) is 0 Å². The molecule has 5 heteroatoms. The van der Waals surface area contributed by atoms with Gasteiger partial charge < -0.3 is 15.7 Å². The first-order valence-electron chi connectivity index (χ1n) is 7.56. The van der Waals surface area contributed by atoms with E-state index in [9.17, 15) is 9.18 Å². The van der Waals surface area contributed by atoms with E-state index in [1.807, 2.05) is 6.92 Å². The predicted octanol–water partition coefficient (Wildman–Crippen LogP) is 2.66. The van der Waals surface area contributed by atoms with Gasteiger partial charge in [0.25, 0.3) is 0 Å². The maximum absolute atomic E-state index is 13.4. The zero-order chi connectivity index (χ0) is 15.2. The van der Waals surface area contributed by atoms with E-state index in [0.717, 1.165) is 36.8 Å². The Morgan fingerprint density at radius 2 is 2.33 bits per heavy atom. The molecule has 0 saturated heterocycles. The van der Waals surface area contributed by atoms with Gasteiger partial charge in [-0.3, -0.25) is 0 Å². The zero-order valence-corrected chi connectivity index (χ0v) is 12.4. The molecule has 0 bridgehead atoms. The van der Waals surface area contributed by atoms with Crippen LogP contribution in [0.2, 0.25) is 0 Å². The van der Waals surface area contributed by atoms with Crippen molar-refractivity contribution in [3.63, 3.8) is 0 Å². The molecule has 0 spiro atoms. The highest BCUT2D eigenvalue weighted by Crippen LogP contribution is 2.30. The van der Waals surface area contributed by atoms with Gasteiger partial charge in [0.2, 0.25) is 0 Å². The Morgan fingerprint density at radius 3 is 3.10 bits per heavy atom. The number of aryl methyl sites for hydroxylation is 1. The lowest BCUT2D eigenvalue weighted by molar-refractivity contribution is 0.229. The Labute approximate surface area is 124 Å². The van der Waals surface area contributed by atoms with Crippen LogP contribution in [0.15, 0.2) is 18.2 Å². The van der Waals surface area contributed by atoms with Crippen LogP contribution in [0, 0.1) is 5.82 Å². The molecule has 0 aliphatic heterocycles. The molecule has 0 saturated carbocycles. The van der Waals surface area contributed by atoms with Crippen molar-refractivity contribution in [3.8, 4) is 0 Å². The number of aliphatic hydroxyl groups is 1. The molecule has 2 rings (SSSR count). The minimum absolute atomic E-state index is 0.00715. The number of halogens is 1. The maximum Gasteiger partial charge on any atom is 0.315 e. The van der Waals surface area contributed by atoms with E-state index in [4.69, 9.17) is 5.11 Å². The molecule has 2 amide bonds.